The molecule has 0 spiro atoms. The van der Waals surface area contributed by atoms with Crippen LogP contribution in [0.2, 0.25) is 10.0 Å². The van der Waals surface area contributed by atoms with Gasteiger partial charge in [-0.3, -0.25) is 0 Å². The Hall–Kier alpha value is -2.37. The average molecular weight is 348 g/mol. The van der Waals surface area contributed by atoms with Gasteiger partial charge in [-0.05, 0) is 29.3 Å². The largest absolute Gasteiger partial charge is 0.476 e. The van der Waals surface area contributed by atoms with E-state index in [1.807, 2.05) is 24.3 Å². The molecule has 0 amide bonds. The van der Waals surface area contributed by atoms with Gasteiger partial charge in [0.2, 0.25) is 0 Å². The highest BCUT2D eigenvalue weighted by Crippen LogP contribution is 2.31. The summed E-state index contributed by atoms with van der Waals surface area (Å²) in [6.07, 6.45) is 0. The number of halogens is 2. The van der Waals surface area contributed by atoms with E-state index in [-0.39, 0.29) is 5.69 Å². The predicted molar refractivity (Wildman–Crippen MR) is 88.9 cm³/mol. The Morgan fingerprint density at radius 3 is 2.43 bits per heavy atom. The zero-order valence-corrected chi connectivity index (χ0v) is 13.5. The van der Waals surface area contributed by atoms with Crippen LogP contribution in [0.15, 0.2) is 42.5 Å². The molecule has 3 rings (SSSR count). The first-order valence-corrected chi connectivity index (χ1v) is 7.42. The lowest BCUT2D eigenvalue weighted by atomic mass is 10.0. The van der Waals surface area contributed by atoms with Gasteiger partial charge in [0.25, 0.3) is 0 Å². The molecule has 116 valence electrons. The molecule has 1 aromatic heterocycles. The molecular formula is C16H11Cl2N3O2. The zero-order valence-electron chi connectivity index (χ0n) is 12.0. The van der Waals surface area contributed by atoms with Crippen molar-refractivity contribution in [1.82, 2.24) is 15.0 Å². The van der Waals surface area contributed by atoms with Gasteiger partial charge in [0.15, 0.2) is 5.69 Å². The van der Waals surface area contributed by atoms with E-state index in [9.17, 15) is 9.90 Å². The van der Waals surface area contributed by atoms with E-state index in [2.05, 4.69) is 10.3 Å². The lowest BCUT2D eigenvalue weighted by molar-refractivity contribution is 0.0686. The highest BCUT2D eigenvalue weighted by Gasteiger charge is 2.19. The van der Waals surface area contributed by atoms with Crippen molar-refractivity contribution in [3.05, 3.63) is 58.2 Å². The predicted octanol–water partition coefficient (Wildman–Crippen LogP) is 4.15. The number of carboxylic acids is 1. The minimum absolute atomic E-state index is 0.0382. The lowest BCUT2D eigenvalue weighted by Gasteiger charge is -2.06. The second-order valence-electron chi connectivity index (χ2n) is 4.93. The molecule has 0 aliphatic carbocycles. The van der Waals surface area contributed by atoms with Crippen LogP contribution in [0.1, 0.15) is 10.5 Å². The number of nitrogens with zero attached hydrogens (tertiary/aromatic N) is 3. The summed E-state index contributed by atoms with van der Waals surface area (Å²) in [6.45, 7) is 0. The van der Waals surface area contributed by atoms with Gasteiger partial charge < -0.3 is 5.11 Å². The van der Waals surface area contributed by atoms with Gasteiger partial charge in [-0.25, -0.2) is 9.48 Å². The normalized spacial score (nSPS) is 10.7. The second kappa shape index (κ2) is 6.02. The third-order valence-corrected chi connectivity index (χ3v) is 4.16. The number of rotatable bonds is 3. The fraction of sp³-hybridized carbons (Fsp3) is 0.0625. The van der Waals surface area contributed by atoms with Crippen molar-refractivity contribution in [3.8, 4) is 22.4 Å². The van der Waals surface area contributed by atoms with Crippen LogP contribution in [0.5, 0.6) is 0 Å². The Morgan fingerprint density at radius 2 is 1.74 bits per heavy atom. The average Bonchev–Trinajstić information content (AvgIpc) is 2.92. The fourth-order valence-corrected chi connectivity index (χ4v) is 2.61. The van der Waals surface area contributed by atoms with E-state index in [1.165, 1.54) is 4.68 Å². The van der Waals surface area contributed by atoms with Crippen LogP contribution in [0.25, 0.3) is 22.4 Å². The second-order valence-corrected chi connectivity index (χ2v) is 5.74. The maximum atomic E-state index is 11.4. The third-order valence-electron chi connectivity index (χ3n) is 3.42. The smallest absolute Gasteiger partial charge is 0.356 e. The molecule has 0 bridgehead atoms. The molecule has 2 aromatic carbocycles. The maximum Gasteiger partial charge on any atom is 0.356 e. The van der Waals surface area contributed by atoms with Gasteiger partial charge in [0, 0.05) is 12.6 Å². The van der Waals surface area contributed by atoms with Crippen LogP contribution in [0.3, 0.4) is 0 Å². The van der Waals surface area contributed by atoms with E-state index in [0.29, 0.717) is 21.3 Å². The molecule has 5 nitrogen and oxygen atoms in total. The number of aryl methyl sites for hydroxylation is 1. The first-order chi connectivity index (χ1) is 11.0. The molecule has 0 atom stereocenters. The lowest BCUT2D eigenvalue weighted by Crippen LogP contribution is -2.06. The number of carbonyl (C=O) groups is 1. The van der Waals surface area contributed by atoms with Crippen molar-refractivity contribution in [3.63, 3.8) is 0 Å². The summed E-state index contributed by atoms with van der Waals surface area (Å²) < 4.78 is 1.24. The molecule has 3 aromatic rings. The van der Waals surface area contributed by atoms with Gasteiger partial charge in [-0.15, -0.1) is 5.10 Å². The van der Waals surface area contributed by atoms with Gasteiger partial charge >= 0.3 is 5.97 Å². The third kappa shape index (κ3) is 2.93. The number of benzene rings is 2. The molecule has 0 aliphatic heterocycles. The van der Waals surface area contributed by atoms with Gasteiger partial charge in [0.05, 0.1) is 10.0 Å². The number of aromatic carboxylic acids is 1. The van der Waals surface area contributed by atoms with Crippen molar-refractivity contribution < 1.29 is 9.90 Å². The molecular weight excluding hydrogens is 337 g/mol. The van der Waals surface area contributed by atoms with E-state index < -0.39 is 5.97 Å². The number of hydrogen-bond acceptors (Lipinski definition) is 3. The summed E-state index contributed by atoms with van der Waals surface area (Å²) in [4.78, 5) is 11.4. The minimum Gasteiger partial charge on any atom is -0.476 e. The minimum atomic E-state index is -1.08. The summed E-state index contributed by atoms with van der Waals surface area (Å²) >= 11 is 12.0. The van der Waals surface area contributed by atoms with Gasteiger partial charge in [0.1, 0.15) is 5.69 Å². The van der Waals surface area contributed by atoms with Crippen LogP contribution in [-0.4, -0.2) is 26.1 Å². The number of aromatic nitrogens is 3. The van der Waals surface area contributed by atoms with Crippen LogP contribution >= 0.6 is 23.2 Å². The van der Waals surface area contributed by atoms with Gasteiger partial charge in [-0.1, -0.05) is 52.7 Å². The topological polar surface area (TPSA) is 68.0 Å². The number of carboxylic acid groups (broad SMARTS) is 1. The molecule has 1 heterocycles. The maximum absolute atomic E-state index is 11.4. The first-order valence-electron chi connectivity index (χ1n) is 6.66. The Kier molecular flexibility index (Phi) is 4.07. The van der Waals surface area contributed by atoms with Crippen molar-refractivity contribution in [2.24, 2.45) is 7.05 Å². The Balaban J connectivity index is 2.10. The molecule has 0 saturated carbocycles. The van der Waals surface area contributed by atoms with Crippen LogP contribution < -0.4 is 0 Å². The Morgan fingerprint density at radius 1 is 1.04 bits per heavy atom. The highest BCUT2D eigenvalue weighted by molar-refractivity contribution is 6.42. The molecule has 23 heavy (non-hydrogen) atoms. The highest BCUT2D eigenvalue weighted by atomic mass is 35.5. The molecule has 0 radical (unpaired) electrons. The first kappa shape index (κ1) is 15.5. The Bertz CT molecular complexity index is 906. The summed E-state index contributed by atoms with van der Waals surface area (Å²) in [5.41, 5.74) is 2.78. The summed E-state index contributed by atoms with van der Waals surface area (Å²) in [5.74, 6) is -1.08. The van der Waals surface area contributed by atoms with Crippen LogP contribution in [-0.2, 0) is 7.05 Å². The molecule has 0 aliphatic rings. The molecule has 7 heteroatoms. The standard InChI is InChI=1S/C16H11Cl2N3O2/c1-21-15(16(22)23)14(19-20-21)11-4-2-3-9(7-11)10-5-6-12(17)13(18)8-10/h2-8H,1H3,(H,22,23). The number of hydrogen-bond donors (Lipinski definition) is 1. The van der Waals surface area contributed by atoms with E-state index >= 15 is 0 Å². The van der Waals surface area contributed by atoms with Crippen molar-refractivity contribution >= 4 is 29.2 Å². The summed E-state index contributed by atoms with van der Waals surface area (Å²) in [5, 5.41) is 18.0. The van der Waals surface area contributed by atoms with Crippen LogP contribution in [0, 0.1) is 0 Å². The van der Waals surface area contributed by atoms with Gasteiger partial charge in [-0.2, -0.15) is 0 Å². The molecule has 0 unspecified atom stereocenters. The van der Waals surface area contributed by atoms with Crippen molar-refractivity contribution in [1.29, 1.82) is 0 Å². The van der Waals surface area contributed by atoms with Crippen molar-refractivity contribution in [2.75, 3.05) is 0 Å². The zero-order chi connectivity index (χ0) is 16.6. The Labute approximate surface area is 142 Å². The monoisotopic (exact) mass is 347 g/mol. The quantitative estimate of drug-likeness (QED) is 0.772. The summed E-state index contributed by atoms with van der Waals surface area (Å²) in [7, 11) is 1.54. The fourth-order valence-electron chi connectivity index (χ4n) is 2.31. The summed E-state index contributed by atoms with van der Waals surface area (Å²) in [6, 6.07) is 12.7. The van der Waals surface area contributed by atoms with E-state index in [4.69, 9.17) is 23.2 Å². The van der Waals surface area contributed by atoms with E-state index in [1.54, 1.807) is 25.2 Å². The van der Waals surface area contributed by atoms with E-state index in [0.717, 1.165) is 11.1 Å². The van der Waals surface area contributed by atoms with Crippen molar-refractivity contribution in [2.45, 2.75) is 0 Å². The van der Waals surface area contributed by atoms with Crippen LogP contribution in [0.4, 0.5) is 0 Å². The SMILES string of the molecule is Cn1nnc(-c2cccc(-c3ccc(Cl)c(Cl)c3)c2)c1C(=O)O. The molecule has 1 N–H and O–H groups in total. The molecule has 0 saturated heterocycles. The molecule has 0 fully saturated rings.